The molecule has 0 unspecified atom stereocenters. The van der Waals surface area contributed by atoms with Crippen molar-refractivity contribution < 1.29 is 8.78 Å². The van der Waals surface area contributed by atoms with Gasteiger partial charge in [0, 0.05) is 5.56 Å². The van der Waals surface area contributed by atoms with Gasteiger partial charge in [-0.05, 0) is 47.8 Å². The summed E-state index contributed by atoms with van der Waals surface area (Å²) in [5.74, 6) is 0.172. The van der Waals surface area contributed by atoms with Crippen molar-refractivity contribution in [2.75, 3.05) is 0 Å². The summed E-state index contributed by atoms with van der Waals surface area (Å²) in [6.07, 6.45) is 8.89. The van der Waals surface area contributed by atoms with Gasteiger partial charge in [0.1, 0.15) is 0 Å². The Bertz CT molecular complexity index is 710. The van der Waals surface area contributed by atoms with Crippen LogP contribution in [0.3, 0.4) is 0 Å². The minimum atomic E-state index is -0.707. The van der Waals surface area contributed by atoms with E-state index < -0.39 is 11.6 Å². The van der Waals surface area contributed by atoms with E-state index in [9.17, 15) is 8.78 Å². The Morgan fingerprint density at radius 2 is 1.46 bits per heavy atom. The SMILES string of the molecule is CCc1ccc(-c2ccc(CCC3CCC(CC)CC3)c(F)c2F)cc1. The first-order valence-corrected chi connectivity index (χ1v) is 10.2. The topological polar surface area (TPSA) is 0 Å². The van der Waals surface area contributed by atoms with E-state index in [0.717, 1.165) is 24.3 Å². The van der Waals surface area contributed by atoms with Crippen LogP contribution in [-0.4, -0.2) is 0 Å². The Labute approximate surface area is 156 Å². The van der Waals surface area contributed by atoms with Gasteiger partial charge in [-0.15, -0.1) is 0 Å². The average Bonchev–Trinajstić information content (AvgIpc) is 2.69. The molecule has 1 fully saturated rings. The zero-order chi connectivity index (χ0) is 18.5. The van der Waals surface area contributed by atoms with Gasteiger partial charge < -0.3 is 0 Å². The third kappa shape index (κ3) is 4.34. The number of rotatable bonds is 6. The molecule has 0 nitrogen and oxygen atoms in total. The number of benzene rings is 2. The monoisotopic (exact) mass is 356 g/mol. The Hall–Kier alpha value is -1.70. The molecule has 0 aromatic heterocycles. The first kappa shape index (κ1) is 19.1. The molecule has 2 heteroatoms. The predicted molar refractivity (Wildman–Crippen MR) is 105 cm³/mol. The molecule has 0 amide bonds. The Morgan fingerprint density at radius 1 is 0.808 bits per heavy atom. The van der Waals surface area contributed by atoms with Crippen LogP contribution >= 0.6 is 0 Å². The molecule has 1 aliphatic carbocycles. The van der Waals surface area contributed by atoms with Crippen molar-refractivity contribution in [1.82, 2.24) is 0 Å². The minimum Gasteiger partial charge on any atom is -0.203 e. The van der Waals surface area contributed by atoms with E-state index in [2.05, 4.69) is 13.8 Å². The molecule has 0 atom stereocenters. The van der Waals surface area contributed by atoms with E-state index >= 15 is 0 Å². The maximum atomic E-state index is 14.6. The summed E-state index contributed by atoms with van der Waals surface area (Å²) >= 11 is 0. The second-order valence-corrected chi connectivity index (χ2v) is 7.78. The highest BCUT2D eigenvalue weighted by Gasteiger charge is 2.21. The van der Waals surface area contributed by atoms with Crippen molar-refractivity contribution in [2.24, 2.45) is 11.8 Å². The fourth-order valence-corrected chi connectivity index (χ4v) is 4.21. The van der Waals surface area contributed by atoms with E-state index in [1.54, 1.807) is 12.1 Å². The molecule has 0 spiro atoms. The number of hydrogen-bond donors (Lipinski definition) is 0. The predicted octanol–water partition coefficient (Wildman–Crippen LogP) is 7.34. The molecule has 0 saturated heterocycles. The molecule has 0 radical (unpaired) electrons. The van der Waals surface area contributed by atoms with Crippen LogP contribution in [0.5, 0.6) is 0 Å². The van der Waals surface area contributed by atoms with Gasteiger partial charge in [0.2, 0.25) is 0 Å². The number of halogens is 2. The summed E-state index contributed by atoms with van der Waals surface area (Å²) in [7, 11) is 0. The lowest BCUT2D eigenvalue weighted by Crippen LogP contribution is -2.14. The van der Waals surface area contributed by atoms with Crippen LogP contribution in [0.4, 0.5) is 8.78 Å². The fraction of sp³-hybridized carbons (Fsp3) is 0.500. The molecule has 26 heavy (non-hydrogen) atoms. The molecule has 1 saturated carbocycles. The number of hydrogen-bond acceptors (Lipinski definition) is 0. The molecule has 3 rings (SSSR count). The van der Waals surface area contributed by atoms with Crippen LogP contribution < -0.4 is 0 Å². The Morgan fingerprint density at radius 3 is 2.08 bits per heavy atom. The van der Waals surface area contributed by atoms with Crippen LogP contribution in [0, 0.1) is 23.5 Å². The van der Waals surface area contributed by atoms with Gasteiger partial charge in [0.05, 0.1) is 0 Å². The zero-order valence-electron chi connectivity index (χ0n) is 16.0. The highest BCUT2D eigenvalue weighted by atomic mass is 19.2. The standard InChI is InChI=1S/C24H30F2/c1-3-17-5-7-19(8-6-17)11-14-21-15-16-22(24(26)23(21)25)20-12-9-18(4-2)10-13-20/h9-10,12-13,15-17,19H,3-8,11,14H2,1-2H3. The lowest BCUT2D eigenvalue weighted by atomic mass is 9.78. The summed E-state index contributed by atoms with van der Waals surface area (Å²) in [4.78, 5) is 0. The first-order valence-electron chi connectivity index (χ1n) is 10.2. The summed E-state index contributed by atoms with van der Waals surface area (Å²) in [6, 6.07) is 11.2. The van der Waals surface area contributed by atoms with Gasteiger partial charge in [-0.3, -0.25) is 0 Å². The fourth-order valence-electron chi connectivity index (χ4n) is 4.21. The molecule has 1 aliphatic rings. The second kappa shape index (κ2) is 8.79. The van der Waals surface area contributed by atoms with Crippen molar-refractivity contribution in [3.05, 3.63) is 59.2 Å². The van der Waals surface area contributed by atoms with Gasteiger partial charge in [-0.2, -0.15) is 0 Å². The van der Waals surface area contributed by atoms with E-state index in [1.807, 2.05) is 24.3 Å². The quantitative estimate of drug-likeness (QED) is 0.508. The summed E-state index contributed by atoms with van der Waals surface area (Å²) < 4.78 is 29.2. The van der Waals surface area contributed by atoms with Crippen LogP contribution in [-0.2, 0) is 12.8 Å². The van der Waals surface area contributed by atoms with Crippen LogP contribution in [0.1, 0.15) is 63.5 Å². The maximum absolute atomic E-state index is 14.6. The molecule has 140 valence electrons. The number of aryl methyl sites for hydroxylation is 2. The minimum absolute atomic E-state index is 0.359. The molecule has 0 bridgehead atoms. The maximum Gasteiger partial charge on any atom is 0.166 e. The zero-order valence-corrected chi connectivity index (χ0v) is 16.0. The molecule has 2 aromatic carbocycles. The highest BCUT2D eigenvalue weighted by molar-refractivity contribution is 5.65. The third-order valence-corrected chi connectivity index (χ3v) is 6.20. The largest absolute Gasteiger partial charge is 0.203 e. The average molecular weight is 356 g/mol. The Balaban J connectivity index is 1.67. The van der Waals surface area contributed by atoms with Crippen molar-refractivity contribution >= 4 is 0 Å². The van der Waals surface area contributed by atoms with Crippen LogP contribution in [0.2, 0.25) is 0 Å². The van der Waals surface area contributed by atoms with Crippen molar-refractivity contribution in [3.8, 4) is 11.1 Å². The van der Waals surface area contributed by atoms with E-state index in [4.69, 9.17) is 0 Å². The first-order chi connectivity index (χ1) is 12.6. The summed E-state index contributed by atoms with van der Waals surface area (Å²) in [6.45, 7) is 4.35. The molecule has 2 aromatic rings. The summed E-state index contributed by atoms with van der Waals surface area (Å²) in [5.41, 5.74) is 2.82. The lowest BCUT2D eigenvalue weighted by Gasteiger charge is -2.27. The highest BCUT2D eigenvalue weighted by Crippen LogP contribution is 2.34. The van der Waals surface area contributed by atoms with E-state index in [1.165, 1.54) is 37.7 Å². The van der Waals surface area contributed by atoms with E-state index in [-0.39, 0.29) is 0 Å². The lowest BCUT2D eigenvalue weighted by molar-refractivity contribution is 0.258. The van der Waals surface area contributed by atoms with Gasteiger partial charge in [-0.1, -0.05) is 82.3 Å². The molecule has 0 N–H and O–H groups in total. The molecule has 0 heterocycles. The van der Waals surface area contributed by atoms with Gasteiger partial charge in [0.15, 0.2) is 11.6 Å². The van der Waals surface area contributed by atoms with Crippen molar-refractivity contribution in [3.63, 3.8) is 0 Å². The second-order valence-electron chi connectivity index (χ2n) is 7.78. The normalized spacial score (nSPS) is 20.3. The molecule has 0 aliphatic heterocycles. The smallest absolute Gasteiger partial charge is 0.166 e. The van der Waals surface area contributed by atoms with Gasteiger partial charge in [0.25, 0.3) is 0 Å². The molecular formula is C24H30F2. The van der Waals surface area contributed by atoms with Crippen molar-refractivity contribution in [2.45, 2.75) is 65.2 Å². The molecular weight excluding hydrogens is 326 g/mol. The van der Waals surface area contributed by atoms with Crippen LogP contribution in [0.25, 0.3) is 11.1 Å². The van der Waals surface area contributed by atoms with Crippen molar-refractivity contribution in [1.29, 1.82) is 0 Å². The van der Waals surface area contributed by atoms with Gasteiger partial charge in [-0.25, -0.2) is 8.78 Å². The van der Waals surface area contributed by atoms with Crippen LogP contribution in [0.15, 0.2) is 36.4 Å². The van der Waals surface area contributed by atoms with Gasteiger partial charge >= 0.3 is 0 Å². The third-order valence-electron chi connectivity index (χ3n) is 6.20. The Kier molecular flexibility index (Phi) is 6.45. The van der Waals surface area contributed by atoms with E-state index in [0.29, 0.717) is 23.5 Å². The summed E-state index contributed by atoms with van der Waals surface area (Å²) in [5, 5.41) is 0.